The topological polar surface area (TPSA) is 50.8 Å². The number of halogens is 1. The van der Waals surface area contributed by atoms with E-state index in [9.17, 15) is 4.79 Å². The summed E-state index contributed by atoms with van der Waals surface area (Å²) in [6.45, 7) is 5.56. The van der Waals surface area contributed by atoms with Crippen LogP contribution in [0.3, 0.4) is 0 Å². The van der Waals surface area contributed by atoms with Crippen molar-refractivity contribution in [2.24, 2.45) is 0 Å². The van der Waals surface area contributed by atoms with E-state index in [4.69, 9.17) is 9.47 Å². The Balaban J connectivity index is 1.57. The van der Waals surface area contributed by atoms with Crippen molar-refractivity contribution in [1.82, 2.24) is 10.2 Å². The van der Waals surface area contributed by atoms with Gasteiger partial charge in [0.15, 0.2) is 6.10 Å². The number of nitrogens with zero attached hydrogens (tertiary/aromatic N) is 1. The molecular weight excluding hydrogens is 416 g/mol. The molecule has 2 aromatic rings. The number of carbonyl (C=O) groups excluding carboxylic acids is 1. The number of hydrogen-bond acceptors (Lipinski definition) is 5. The van der Waals surface area contributed by atoms with Crippen molar-refractivity contribution in [2.45, 2.75) is 19.1 Å². The fraction of sp³-hybridized carbons (Fsp3) is 0.421. The lowest BCUT2D eigenvalue weighted by Gasteiger charge is -2.34. The maximum Gasteiger partial charge on any atom is 0.260 e. The van der Waals surface area contributed by atoms with Gasteiger partial charge in [-0.25, -0.2) is 0 Å². The Labute approximate surface area is 166 Å². The first kappa shape index (κ1) is 19.4. The SMILES string of the molecule is C[C@@H](Oc1ccc(Br)cc1)C(=O)NC[C@@H](c1cccs1)N1CCOCC1. The average Bonchev–Trinajstić information content (AvgIpc) is 3.19. The first-order valence-electron chi connectivity index (χ1n) is 8.68. The first-order chi connectivity index (χ1) is 12.6. The fourth-order valence-corrected chi connectivity index (χ4v) is 4.02. The highest BCUT2D eigenvalue weighted by Gasteiger charge is 2.25. The van der Waals surface area contributed by atoms with Gasteiger partial charge in [0.05, 0.1) is 19.3 Å². The second kappa shape index (κ2) is 9.50. The Morgan fingerprint density at radius 3 is 2.69 bits per heavy atom. The molecule has 26 heavy (non-hydrogen) atoms. The van der Waals surface area contributed by atoms with E-state index in [1.807, 2.05) is 24.3 Å². The number of amides is 1. The third-order valence-corrected chi connectivity index (χ3v) is 5.83. The van der Waals surface area contributed by atoms with Crippen LogP contribution < -0.4 is 10.1 Å². The predicted molar refractivity (Wildman–Crippen MR) is 107 cm³/mol. The maximum atomic E-state index is 12.5. The molecule has 2 atom stereocenters. The predicted octanol–water partition coefficient (Wildman–Crippen LogP) is 3.47. The van der Waals surface area contributed by atoms with Crippen molar-refractivity contribution in [3.63, 3.8) is 0 Å². The van der Waals surface area contributed by atoms with Gasteiger partial charge in [0.1, 0.15) is 5.75 Å². The minimum atomic E-state index is -0.551. The Hall–Kier alpha value is -1.41. The van der Waals surface area contributed by atoms with Gasteiger partial charge >= 0.3 is 0 Å². The quantitative estimate of drug-likeness (QED) is 0.718. The maximum absolute atomic E-state index is 12.5. The Morgan fingerprint density at radius 2 is 2.04 bits per heavy atom. The van der Waals surface area contributed by atoms with Crippen LogP contribution >= 0.6 is 27.3 Å². The highest BCUT2D eigenvalue weighted by Crippen LogP contribution is 2.25. The van der Waals surface area contributed by atoms with E-state index >= 15 is 0 Å². The minimum Gasteiger partial charge on any atom is -0.481 e. The number of ether oxygens (including phenoxy) is 2. The first-order valence-corrected chi connectivity index (χ1v) is 10.4. The summed E-state index contributed by atoms with van der Waals surface area (Å²) in [5.41, 5.74) is 0. The Kier molecular flexibility index (Phi) is 7.07. The monoisotopic (exact) mass is 438 g/mol. The lowest BCUT2D eigenvalue weighted by molar-refractivity contribution is -0.127. The number of nitrogens with one attached hydrogen (secondary N) is 1. The van der Waals surface area contributed by atoms with Crippen LogP contribution in [0, 0.1) is 0 Å². The van der Waals surface area contributed by atoms with Gasteiger partial charge in [0.25, 0.3) is 5.91 Å². The molecule has 3 rings (SSSR count). The molecular formula is C19H23BrN2O3S. The van der Waals surface area contributed by atoms with Gasteiger partial charge in [-0.15, -0.1) is 11.3 Å². The molecule has 1 aromatic carbocycles. The number of hydrogen-bond donors (Lipinski definition) is 1. The second-order valence-corrected chi connectivity index (χ2v) is 8.03. The molecule has 0 aliphatic carbocycles. The third kappa shape index (κ3) is 5.30. The number of carbonyl (C=O) groups is 1. The Morgan fingerprint density at radius 1 is 1.31 bits per heavy atom. The summed E-state index contributed by atoms with van der Waals surface area (Å²) < 4.78 is 12.2. The Bertz CT molecular complexity index is 687. The summed E-state index contributed by atoms with van der Waals surface area (Å²) in [6, 6.07) is 11.8. The molecule has 7 heteroatoms. The van der Waals surface area contributed by atoms with Crippen LogP contribution in [0.25, 0.3) is 0 Å². The smallest absolute Gasteiger partial charge is 0.260 e. The molecule has 1 fully saturated rings. The van der Waals surface area contributed by atoms with E-state index in [2.05, 4.69) is 43.7 Å². The van der Waals surface area contributed by atoms with E-state index in [-0.39, 0.29) is 11.9 Å². The molecule has 1 amide bonds. The summed E-state index contributed by atoms with van der Waals surface area (Å²) in [4.78, 5) is 16.1. The molecule has 1 aliphatic heterocycles. The van der Waals surface area contributed by atoms with Crippen LogP contribution in [-0.2, 0) is 9.53 Å². The normalized spacial score (nSPS) is 17.5. The molecule has 1 saturated heterocycles. The molecule has 0 bridgehead atoms. The fourth-order valence-electron chi connectivity index (χ4n) is 2.89. The molecule has 1 aliphatic rings. The largest absolute Gasteiger partial charge is 0.481 e. The van der Waals surface area contributed by atoms with Crippen LogP contribution in [-0.4, -0.2) is 49.8 Å². The zero-order valence-corrected chi connectivity index (χ0v) is 17.1. The lowest BCUT2D eigenvalue weighted by Crippen LogP contribution is -2.45. The molecule has 5 nitrogen and oxygen atoms in total. The van der Waals surface area contributed by atoms with E-state index < -0.39 is 6.10 Å². The van der Waals surface area contributed by atoms with Crippen LogP contribution in [0.5, 0.6) is 5.75 Å². The van der Waals surface area contributed by atoms with Crippen molar-refractivity contribution >= 4 is 33.2 Å². The molecule has 0 unspecified atom stereocenters. The van der Waals surface area contributed by atoms with Gasteiger partial charge in [0.2, 0.25) is 0 Å². The highest BCUT2D eigenvalue weighted by molar-refractivity contribution is 9.10. The van der Waals surface area contributed by atoms with E-state index in [0.29, 0.717) is 12.3 Å². The molecule has 2 heterocycles. The zero-order valence-electron chi connectivity index (χ0n) is 14.7. The second-order valence-electron chi connectivity index (χ2n) is 6.14. The number of thiophene rings is 1. The number of rotatable bonds is 7. The van der Waals surface area contributed by atoms with Crippen molar-refractivity contribution in [3.8, 4) is 5.75 Å². The van der Waals surface area contributed by atoms with Crippen molar-refractivity contribution < 1.29 is 14.3 Å². The van der Waals surface area contributed by atoms with Gasteiger partial charge in [0, 0.05) is 29.0 Å². The number of morpholine rings is 1. The van der Waals surface area contributed by atoms with Gasteiger partial charge in [-0.1, -0.05) is 22.0 Å². The summed E-state index contributed by atoms with van der Waals surface area (Å²) in [7, 11) is 0. The molecule has 1 N–H and O–H groups in total. The van der Waals surface area contributed by atoms with Crippen molar-refractivity contribution in [3.05, 3.63) is 51.1 Å². The van der Waals surface area contributed by atoms with E-state index in [0.717, 1.165) is 30.8 Å². The summed E-state index contributed by atoms with van der Waals surface area (Å²) >= 11 is 5.11. The molecule has 140 valence electrons. The highest BCUT2D eigenvalue weighted by atomic mass is 79.9. The van der Waals surface area contributed by atoms with Gasteiger partial charge in [-0.05, 0) is 42.6 Å². The molecule has 0 spiro atoms. The van der Waals surface area contributed by atoms with Crippen LogP contribution in [0.4, 0.5) is 0 Å². The summed E-state index contributed by atoms with van der Waals surface area (Å²) in [6.07, 6.45) is -0.551. The standard InChI is InChI=1S/C19H23BrN2O3S/c1-14(25-16-6-4-15(20)5-7-16)19(23)21-13-17(18-3-2-12-26-18)22-8-10-24-11-9-22/h2-7,12,14,17H,8-11,13H2,1H3,(H,21,23)/t14-,17+/m1/s1. The summed E-state index contributed by atoms with van der Waals surface area (Å²) in [5.74, 6) is 0.571. The van der Waals surface area contributed by atoms with Crippen LogP contribution in [0.2, 0.25) is 0 Å². The molecule has 0 radical (unpaired) electrons. The van der Waals surface area contributed by atoms with Gasteiger partial charge < -0.3 is 14.8 Å². The molecule has 1 aromatic heterocycles. The van der Waals surface area contributed by atoms with Crippen molar-refractivity contribution in [2.75, 3.05) is 32.8 Å². The van der Waals surface area contributed by atoms with Gasteiger partial charge in [-0.2, -0.15) is 0 Å². The third-order valence-electron chi connectivity index (χ3n) is 4.32. The number of benzene rings is 1. The van der Waals surface area contributed by atoms with E-state index in [1.165, 1.54) is 4.88 Å². The van der Waals surface area contributed by atoms with Crippen LogP contribution in [0.1, 0.15) is 17.8 Å². The van der Waals surface area contributed by atoms with Crippen molar-refractivity contribution in [1.29, 1.82) is 0 Å². The zero-order chi connectivity index (χ0) is 18.4. The minimum absolute atomic E-state index is 0.109. The average molecular weight is 439 g/mol. The van der Waals surface area contributed by atoms with E-state index in [1.54, 1.807) is 18.3 Å². The van der Waals surface area contributed by atoms with Crippen LogP contribution in [0.15, 0.2) is 46.3 Å². The van der Waals surface area contributed by atoms with Gasteiger partial charge in [-0.3, -0.25) is 9.69 Å². The summed E-state index contributed by atoms with van der Waals surface area (Å²) in [5, 5.41) is 5.12. The molecule has 0 saturated carbocycles. The lowest BCUT2D eigenvalue weighted by atomic mass is 10.2.